The van der Waals surface area contributed by atoms with Crippen LogP contribution in [0.2, 0.25) is 0 Å². The SMILES string of the molecule is C=CCn1ccc2c(OCC(=O)NCC(=O)OCC)cccc2c1=O. The highest BCUT2D eigenvalue weighted by Crippen LogP contribution is 2.23. The highest BCUT2D eigenvalue weighted by atomic mass is 16.5. The fourth-order valence-electron chi connectivity index (χ4n) is 2.28. The van der Waals surface area contributed by atoms with Crippen molar-refractivity contribution in [1.29, 1.82) is 0 Å². The topological polar surface area (TPSA) is 86.6 Å². The number of carbonyl (C=O) groups excluding carboxylic acids is 2. The fourth-order valence-corrected chi connectivity index (χ4v) is 2.28. The number of ether oxygens (including phenoxy) is 2. The van der Waals surface area contributed by atoms with E-state index in [9.17, 15) is 14.4 Å². The van der Waals surface area contributed by atoms with Crippen molar-refractivity contribution in [3.05, 3.63) is 53.5 Å². The molecule has 0 spiro atoms. The Morgan fingerprint density at radius 1 is 1.28 bits per heavy atom. The monoisotopic (exact) mass is 344 g/mol. The van der Waals surface area contributed by atoms with Gasteiger partial charge in [0.2, 0.25) is 0 Å². The number of nitrogens with one attached hydrogen (secondary N) is 1. The fraction of sp³-hybridized carbons (Fsp3) is 0.278. The van der Waals surface area contributed by atoms with E-state index in [4.69, 9.17) is 9.47 Å². The van der Waals surface area contributed by atoms with Gasteiger partial charge in [-0.15, -0.1) is 6.58 Å². The highest BCUT2D eigenvalue weighted by molar-refractivity contribution is 5.88. The summed E-state index contributed by atoms with van der Waals surface area (Å²) in [5.41, 5.74) is -0.158. The van der Waals surface area contributed by atoms with Crippen LogP contribution in [0, 0.1) is 0 Å². The normalized spacial score (nSPS) is 10.3. The van der Waals surface area contributed by atoms with E-state index in [2.05, 4.69) is 11.9 Å². The second-order valence-electron chi connectivity index (χ2n) is 5.15. The van der Waals surface area contributed by atoms with Gasteiger partial charge in [0.15, 0.2) is 6.61 Å². The van der Waals surface area contributed by atoms with Crippen LogP contribution in [0.25, 0.3) is 10.8 Å². The van der Waals surface area contributed by atoms with Crippen LogP contribution in [0.1, 0.15) is 6.92 Å². The molecule has 2 rings (SSSR count). The second-order valence-corrected chi connectivity index (χ2v) is 5.15. The molecule has 1 heterocycles. The Hall–Kier alpha value is -3.09. The number of esters is 1. The van der Waals surface area contributed by atoms with Crippen LogP contribution in [0.5, 0.6) is 5.75 Å². The zero-order valence-electron chi connectivity index (χ0n) is 14.0. The van der Waals surface area contributed by atoms with E-state index >= 15 is 0 Å². The molecule has 0 radical (unpaired) electrons. The predicted molar refractivity (Wildman–Crippen MR) is 93.5 cm³/mol. The van der Waals surface area contributed by atoms with Crippen LogP contribution >= 0.6 is 0 Å². The summed E-state index contributed by atoms with van der Waals surface area (Å²) in [5, 5.41) is 3.52. The molecule has 0 atom stereocenters. The van der Waals surface area contributed by atoms with Crippen molar-refractivity contribution in [2.75, 3.05) is 19.8 Å². The van der Waals surface area contributed by atoms with Crippen LogP contribution < -0.4 is 15.6 Å². The number of aromatic nitrogens is 1. The Balaban J connectivity index is 2.07. The molecule has 0 unspecified atom stereocenters. The number of carbonyl (C=O) groups is 2. The third-order valence-electron chi connectivity index (χ3n) is 3.40. The number of fused-ring (bicyclic) bond motifs is 1. The molecule has 132 valence electrons. The maximum atomic E-state index is 12.4. The first-order chi connectivity index (χ1) is 12.1. The van der Waals surface area contributed by atoms with E-state index in [-0.39, 0.29) is 25.3 Å². The molecular weight excluding hydrogens is 324 g/mol. The Labute approximate surface area is 144 Å². The van der Waals surface area contributed by atoms with E-state index in [0.29, 0.717) is 23.1 Å². The van der Waals surface area contributed by atoms with Gasteiger partial charge in [0.1, 0.15) is 12.3 Å². The third kappa shape index (κ3) is 4.69. The lowest BCUT2D eigenvalue weighted by Crippen LogP contribution is -2.34. The molecule has 7 heteroatoms. The number of allylic oxidation sites excluding steroid dienone is 1. The van der Waals surface area contributed by atoms with Crippen molar-refractivity contribution >= 4 is 22.6 Å². The highest BCUT2D eigenvalue weighted by Gasteiger charge is 2.10. The average molecular weight is 344 g/mol. The van der Waals surface area contributed by atoms with Gasteiger partial charge in [0, 0.05) is 18.1 Å². The molecule has 0 saturated carbocycles. The molecular formula is C18H20N2O5. The van der Waals surface area contributed by atoms with Gasteiger partial charge in [-0.3, -0.25) is 14.4 Å². The quantitative estimate of drug-likeness (QED) is 0.575. The molecule has 7 nitrogen and oxygen atoms in total. The number of pyridine rings is 1. The first-order valence-corrected chi connectivity index (χ1v) is 7.85. The maximum Gasteiger partial charge on any atom is 0.325 e. The Morgan fingerprint density at radius 3 is 2.80 bits per heavy atom. The summed E-state index contributed by atoms with van der Waals surface area (Å²) >= 11 is 0. The van der Waals surface area contributed by atoms with Gasteiger partial charge in [-0.2, -0.15) is 0 Å². The molecule has 0 fully saturated rings. The summed E-state index contributed by atoms with van der Waals surface area (Å²) in [6.45, 7) is 5.50. The van der Waals surface area contributed by atoms with Gasteiger partial charge in [-0.1, -0.05) is 12.1 Å². The van der Waals surface area contributed by atoms with Crippen molar-refractivity contribution in [3.63, 3.8) is 0 Å². The van der Waals surface area contributed by atoms with Crippen LogP contribution in [-0.2, 0) is 20.9 Å². The van der Waals surface area contributed by atoms with Crippen LogP contribution in [-0.4, -0.2) is 36.2 Å². The van der Waals surface area contributed by atoms with Crippen LogP contribution in [0.3, 0.4) is 0 Å². The summed E-state index contributed by atoms with van der Waals surface area (Å²) in [4.78, 5) is 35.3. The lowest BCUT2D eigenvalue weighted by Gasteiger charge is -2.11. The summed E-state index contributed by atoms with van der Waals surface area (Å²) in [6.07, 6.45) is 3.29. The maximum absolute atomic E-state index is 12.4. The van der Waals surface area contributed by atoms with Gasteiger partial charge in [-0.25, -0.2) is 0 Å². The Bertz CT molecular complexity index is 841. The van der Waals surface area contributed by atoms with E-state index in [0.717, 1.165) is 0 Å². The molecule has 0 bridgehead atoms. The third-order valence-corrected chi connectivity index (χ3v) is 3.40. The molecule has 1 aromatic carbocycles. The molecule has 2 aromatic rings. The van der Waals surface area contributed by atoms with Gasteiger partial charge in [-0.05, 0) is 25.1 Å². The minimum Gasteiger partial charge on any atom is -0.483 e. The van der Waals surface area contributed by atoms with E-state index < -0.39 is 11.9 Å². The molecule has 1 N–H and O–H groups in total. The minimum absolute atomic E-state index is 0.158. The van der Waals surface area contributed by atoms with Crippen molar-refractivity contribution in [1.82, 2.24) is 9.88 Å². The molecule has 0 saturated heterocycles. The smallest absolute Gasteiger partial charge is 0.325 e. The molecule has 1 aromatic heterocycles. The predicted octanol–water partition coefficient (Wildman–Crippen LogP) is 1.25. The van der Waals surface area contributed by atoms with E-state index in [1.54, 1.807) is 43.5 Å². The number of hydrogen-bond acceptors (Lipinski definition) is 5. The van der Waals surface area contributed by atoms with Crippen molar-refractivity contribution in [2.24, 2.45) is 0 Å². The summed E-state index contributed by atoms with van der Waals surface area (Å²) in [7, 11) is 0. The zero-order valence-corrected chi connectivity index (χ0v) is 14.0. The van der Waals surface area contributed by atoms with E-state index in [1.807, 2.05) is 0 Å². The number of benzene rings is 1. The first-order valence-electron chi connectivity index (χ1n) is 7.85. The van der Waals surface area contributed by atoms with Crippen LogP contribution in [0.4, 0.5) is 0 Å². The van der Waals surface area contributed by atoms with Crippen molar-refractivity contribution in [2.45, 2.75) is 13.5 Å². The summed E-state index contributed by atoms with van der Waals surface area (Å²) < 4.78 is 11.7. The molecule has 0 aliphatic rings. The number of rotatable bonds is 8. The molecule has 1 amide bonds. The minimum atomic E-state index is -0.510. The van der Waals surface area contributed by atoms with Crippen molar-refractivity contribution in [3.8, 4) is 5.75 Å². The Morgan fingerprint density at radius 2 is 2.08 bits per heavy atom. The molecule has 0 aliphatic heterocycles. The Kier molecular flexibility index (Phi) is 6.33. The molecule has 25 heavy (non-hydrogen) atoms. The van der Waals surface area contributed by atoms with Crippen LogP contribution in [0.15, 0.2) is 47.9 Å². The lowest BCUT2D eigenvalue weighted by molar-refractivity contribution is -0.143. The summed E-state index contributed by atoms with van der Waals surface area (Å²) in [5.74, 6) is -0.541. The average Bonchev–Trinajstić information content (AvgIpc) is 2.61. The summed E-state index contributed by atoms with van der Waals surface area (Å²) in [6, 6.07) is 6.82. The lowest BCUT2D eigenvalue weighted by atomic mass is 10.1. The van der Waals surface area contributed by atoms with Gasteiger partial charge < -0.3 is 19.4 Å². The molecule has 0 aliphatic carbocycles. The van der Waals surface area contributed by atoms with Gasteiger partial charge in [0.25, 0.3) is 11.5 Å². The second kappa shape index (κ2) is 8.68. The largest absolute Gasteiger partial charge is 0.483 e. The van der Waals surface area contributed by atoms with Gasteiger partial charge >= 0.3 is 5.97 Å². The number of amides is 1. The number of hydrogen-bond donors (Lipinski definition) is 1. The van der Waals surface area contributed by atoms with Crippen molar-refractivity contribution < 1.29 is 19.1 Å². The zero-order chi connectivity index (χ0) is 18.2. The van der Waals surface area contributed by atoms with E-state index in [1.165, 1.54) is 4.57 Å². The number of nitrogens with zero attached hydrogens (tertiary/aromatic N) is 1. The standard InChI is InChI=1S/C18H20N2O5/c1-3-9-20-10-8-13-14(18(20)23)6-5-7-15(13)25-12-16(21)19-11-17(22)24-4-2/h3,5-8,10H,1,4,9,11-12H2,2H3,(H,19,21). The first kappa shape index (κ1) is 18.3. The van der Waals surface area contributed by atoms with Gasteiger partial charge in [0.05, 0.1) is 12.0 Å².